The topological polar surface area (TPSA) is 26.0 Å². The maximum absolute atomic E-state index is 6.12. The van der Waals surface area contributed by atoms with Gasteiger partial charge in [0.1, 0.15) is 0 Å². The Labute approximate surface area is 131 Å². The summed E-state index contributed by atoms with van der Waals surface area (Å²) >= 11 is 11.2. The van der Waals surface area contributed by atoms with E-state index < -0.39 is 0 Å². The molecule has 0 spiro atoms. The zero-order valence-corrected chi connectivity index (χ0v) is 13.7. The standard InChI is InChI=1S/C15H15BrClNS/c1-10(18)15(11-2-6-13(17)7-3-11)19-14-8-4-12(16)5-9-14/h2-10,15H,18H2,1H3. The summed E-state index contributed by atoms with van der Waals surface area (Å²) in [6.07, 6.45) is 0. The van der Waals surface area contributed by atoms with Gasteiger partial charge in [0.25, 0.3) is 0 Å². The molecule has 0 aliphatic rings. The molecule has 1 nitrogen and oxygen atoms in total. The number of rotatable bonds is 4. The molecule has 2 rings (SSSR count). The van der Waals surface area contributed by atoms with Crippen molar-refractivity contribution in [3.05, 3.63) is 63.6 Å². The fraction of sp³-hybridized carbons (Fsp3) is 0.200. The number of nitrogens with two attached hydrogens (primary N) is 1. The zero-order chi connectivity index (χ0) is 13.8. The molecule has 2 unspecified atom stereocenters. The molecular formula is C15H15BrClNS. The predicted molar refractivity (Wildman–Crippen MR) is 87.8 cm³/mol. The normalized spacial score (nSPS) is 14.1. The summed E-state index contributed by atoms with van der Waals surface area (Å²) in [5.74, 6) is 0. The van der Waals surface area contributed by atoms with Gasteiger partial charge in [0.15, 0.2) is 0 Å². The average Bonchev–Trinajstić information content (AvgIpc) is 2.39. The molecule has 4 heteroatoms. The Morgan fingerprint density at radius 2 is 1.63 bits per heavy atom. The number of halogens is 2. The molecule has 0 aliphatic carbocycles. The molecule has 0 bridgehead atoms. The van der Waals surface area contributed by atoms with Crippen LogP contribution < -0.4 is 5.73 Å². The van der Waals surface area contributed by atoms with Crippen molar-refractivity contribution >= 4 is 39.3 Å². The van der Waals surface area contributed by atoms with Crippen LogP contribution in [0.15, 0.2) is 57.9 Å². The Bertz CT molecular complexity index is 525. The monoisotopic (exact) mass is 355 g/mol. The van der Waals surface area contributed by atoms with Crippen molar-refractivity contribution in [1.29, 1.82) is 0 Å². The van der Waals surface area contributed by atoms with Gasteiger partial charge in [-0.1, -0.05) is 39.7 Å². The number of hydrogen-bond donors (Lipinski definition) is 1. The maximum atomic E-state index is 6.12. The van der Waals surface area contributed by atoms with E-state index >= 15 is 0 Å². The fourth-order valence-electron chi connectivity index (χ4n) is 1.79. The largest absolute Gasteiger partial charge is 0.327 e. The summed E-state index contributed by atoms with van der Waals surface area (Å²) in [5, 5.41) is 0.972. The number of thioether (sulfide) groups is 1. The van der Waals surface area contributed by atoms with E-state index in [0.29, 0.717) is 0 Å². The first-order valence-electron chi connectivity index (χ1n) is 5.99. The lowest BCUT2D eigenvalue weighted by Crippen LogP contribution is -2.22. The predicted octanol–water partition coefficient (Wildman–Crippen LogP) is 5.28. The minimum Gasteiger partial charge on any atom is -0.327 e. The van der Waals surface area contributed by atoms with Crippen molar-refractivity contribution in [2.75, 3.05) is 0 Å². The van der Waals surface area contributed by atoms with Crippen molar-refractivity contribution in [2.45, 2.75) is 23.1 Å². The summed E-state index contributed by atoms with van der Waals surface area (Å²) in [6, 6.07) is 16.3. The van der Waals surface area contributed by atoms with Crippen LogP contribution in [0.1, 0.15) is 17.7 Å². The van der Waals surface area contributed by atoms with E-state index in [1.54, 1.807) is 11.8 Å². The SMILES string of the molecule is CC(N)C(Sc1ccc(Br)cc1)c1ccc(Cl)cc1. The fourth-order valence-corrected chi connectivity index (χ4v) is 3.28. The van der Waals surface area contributed by atoms with Crippen LogP contribution >= 0.6 is 39.3 Å². The van der Waals surface area contributed by atoms with Crippen LogP contribution in [-0.2, 0) is 0 Å². The van der Waals surface area contributed by atoms with Crippen LogP contribution in [0.5, 0.6) is 0 Å². The molecule has 0 heterocycles. The van der Waals surface area contributed by atoms with Gasteiger partial charge >= 0.3 is 0 Å². The van der Waals surface area contributed by atoms with Crippen LogP contribution in [0.2, 0.25) is 5.02 Å². The highest BCUT2D eigenvalue weighted by Gasteiger charge is 2.17. The van der Waals surface area contributed by atoms with Crippen LogP contribution in [0.3, 0.4) is 0 Å². The van der Waals surface area contributed by atoms with E-state index in [1.807, 2.05) is 43.3 Å². The molecule has 0 fully saturated rings. The van der Waals surface area contributed by atoms with E-state index in [2.05, 4.69) is 28.1 Å². The zero-order valence-electron chi connectivity index (χ0n) is 10.5. The summed E-state index contributed by atoms with van der Waals surface area (Å²) in [6.45, 7) is 2.03. The Hall–Kier alpha value is -0.480. The molecule has 19 heavy (non-hydrogen) atoms. The summed E-state index contributed by atoms with van der Waals surface area (Å²) < 4.78 is 1.08. The molecule has 0 aromatic heterocycles. The van der Waals surface area contributed by atoms with E-state index in [-0.39, 0.29) is 11.3 Å². The Morgan fingerprint density at radius 1 is 1.05 bits per heavy atom. The second-order valence-electron chi connectivity index (χ2n) is 4.40. The Balaban J connectivity index is 2.21. The van der Waals surface area contributed by atoms with Gasteiger partial charge < -0.3 is 5.73 Å². The Kier molecular flexibility index (Phi) is 5.34. The minimum absolute atomic E-state index is 0.0647. The minimum atomic E-state index is 0.0647. The third-order valence-corrected chi connectivity index (χ3v) is 5.03. The van der Waals surface area contributed by atoms with Gasteiger partial charge in [-0.3, -0.25) is 0 Å². The third-order valence-electron chi connectivity index (χ3n) is 2.75. The molecule has 0 radical (unpaired) electrons. The van der Waals surface area contributed by atoms with Gasteiger partial charge in [-0.25, -0.2) is 0 Å². The summed E-state index contributed by atoms with van der Waals surface area (Å²) in [4.78, 5) is 1.21. The van der Waals surface area contributed by atoms with Gasteiger partial charge in [0, 0.05) is 25.7 Å². The molecule has 2 aromatic rings. The van der Waals surface area contributed by atoms with Gasteiger partial charge in [-0.15, -0.1) is 11.8 Å². The highest BCUT2D eigenvalue weighted by Crippen LogP contribution is 2.37. The summed E-state index contributed by atoms with van der Waals surface area (Å²) in [7, 11) is 0. The van der Waals surface area contributed by atoms with Crippen LogP contribution in [0.4, 0.5) is 0 Å². The lowest BCUT2D eigenvalue weighted by Gasteiger charge is -2.21. The molecule has 0 aliphatic heterocycles. The van der Waals surface area contributed by atoms with Gasteiger partial charge in [-0.05, 0) is 48.9 Å². The number of hydrogen-bond acceptors (Lipinski definition) is 2. The molecule has 2 N–H and O–H groups in total. The quantitative estimate of drug-likeness (QED) is 0.754. The molecule has 2 aromatic carbocycles. The van der Waals surface area contributed by atoms with Crippen LogP contribution in [0.25, 0.3) is 0 Å². The highest BCUT2D eigenvalue weighted by molar-refractivity contribution is 9.10. The Morgan fingerprint density at radius 3 is 2.16 bits per heavy atom. The van der Waals surface area contributed by atoms with Gasteiger partial charge in [0.2, 0.25) is 0 Å². The molecule has 0 amide bonds. The van der Waals surface area contributed by atoms with Crippen molar-refractivity contribution in [3.8, 4) is 0 Å². The van der Waals surface area contributed by atoms with Crippen molar-refractivity contribution < 1.29 is 0 Å². The van der Waals surface area contributed by atoms with E-state index in [1.165, 1.54) is 10.5 Å². The molecule has 100 valence electrons. The summed E-state index contributed by atoms with van der Waals surface area (Å²) in [5.41, 5.74) is 7.32. The van der Waals surface area contributed by atoms with Crippen molar-refractivity contribution in [2.24, 2.45) is 5.73 Å². The first-order chi connectivity index (χ1) is 9.06. The van der Waals surface area contributed by atoms with Gasteiger partial charge in [0.05, 0.1) is 0 Å². The lowest BCUT2D eigenvalue weighted by atomic mass is 10.1. The van der Waals surface area contributed by atoms with Crippen molar-refractivity contribution in [1.82, 2.24) is 0 Å². The highest BCUT2D eigenvalue weighted by atomic mass is 79.9. The van der Waals surface area contributed by atoms with E-state index in [4.69, 9.17) is 17.3 Å². The van der Waals surface area contributed by atoms with Gasteiger partial charge in [-0.2, -0.15) is 0 Å². The smallest absolute Gasteiger partial charge is 0.0492 e. The second-order valence-corrected chi connectivity index (χ2v) is 6.97. The second kappa shape index (κ2) is 6.80. The molecule has 0 saturated carbocycles. The van der Waals surface area contributed by atoms with E-state index in [9.17, 15) is 0 Å². The molecule has 0 saturated heterocycles. The average molecular weight is 357 g/mol. The van der Waals surface area contributed by atoms with Crippen LogP contribution in [0, 0.1) is 0 Å². The third kappa shape index (κ3) is 4.25. The van der Waals surface area contributed by atoms with Crippen LogP contribution in [-0.4, -0.2) is 6.04 Å². The number of benzene rings is 2. The molecular weight excluding hydrogens is 342 g/mol. The first kappa shape index (κ1) is 14.9. The maximum Gasteiger partial charge on any atom is 0.0492 e. The van der Waals surface area contributed by atoms with Crippen molar-refractivity contribution in [3.63, 3.8) is 0 Å². The lowest BCUT2D eigenvalue weighted by molar-refractivity contribution is 0.721. The first-order valence-corrected chi connectivity index (χ1v) is 8.04. The van der Waals surface area contributed by atoms with E-state index in [0.717, 1.165) is 9.50 Å². The molecule has 2 atom stereocenters.